The minimum Gasteiger partial charge on any atom is -0.356 e. The molecule has 1 amide bonds. The predicted octanol–water partition coefficient (Wildman–Crippen LogP) is 3.33. The van der Waals surface area contributed by atoms with E-state index >= 15 is 0 Å². The average Bonchev–Trinajstić information content (AvgIpc) is 3.20. The third-order valence-corrected chi connectivity index (χ3v) is 6.12. The van der Waals surface area contributed by atoms with Crippen LogP contribution in [-0.4, -0.2) is 69.0 Å². The number of hydrogen-bond donors (Lipinski definition) is 2. The Balaban J connectivity index is 0.00000450. The molecular formula is C23H40IN5O. The Morgan fingerprint density at radius 2 is 1.77 bits per heavy atom. The monoisotopic (exact) mass is 529 g/mol. The molecule has 0 aliphatic heterocycles. The van der Waals surface area contributed by atoms with Gasteiger partial charge in [-0.05, 0) is 38.8 Å². The fourth-order valence-electron chi connectivity index (χ4n) is 4.11. The van der Waals surface area contributed by atoms with Crippen LogP contribution in [0.15, 0.2) is 35.3 Å². The summed E-state index contributed by atoms with van der Waals surface area (Å²) in [5.41, 5.74) is 1.05. The van der Waals surface area contributed by atoms with Crippen LogP contribution in [0.4, 0.5) is 0 Å². The van der Waals surface area contributed by atoms with Crippen LogP contribution in [0, 0.1) is 5.41 Å². The van der Waals surface area contributed by atoms with Crippen molar-refractivity contribution >= 4 is 35.8 Å². The van der Waals surface area contributed by atoms with Gasteiger partial charge < -0.3 is 15.5 Å². The smallest absolute Gasteiger partial charge is 0.230 e. The maximum absolute atomic E-state index is 12.7. The van der Waals surface area contributed by atoms with Crippen molar-refractivity contribution in [2.45, 2.75) is 51.6 Å². The van der Waals surface area contributed by atoms with E-state index in [0.29, 0.717) is 12.6 Å². The molecule has 1 unspecified atom stereocenters. The highest BCUT2D eigenvalue weighted by Crippen LogP contribution is 2.38. The molecule has 2 rings (SSSR count). The molecular weight excluding hydrogens is 489 g/mol. The first-order chi connectivity index (χ1) is 13.9. The molecule has 0 saturated heterocycles. The second-order valence-corrected chi connectivity index (χ2v) is 8.58. The Bertz CT molecular complexity index is 659. The van der Waals surface area contributed by atoms with Gasteiger partial charge in [0.2, 0.25) is 5.91 Å². The molecule has 2 N–H and O–H groups in total. The van der Waals surface area contributed by atoms with E-state index in [0.717, 1.165) is 51.2 Å². The topological polar surface area (TPSA) is 60.0 Å². The Morgan fingerprint density at radius 3 is 2.33 bits per heavy atom. The summed E-state index contributed by atoms with van der Waals surface area (Å²) in [5.74, 6) is 1.01. The molecule has 1 aromatic carbocycles. The van der Waals surface area contributed by atoms with Gasteiger partial charge in [0, 0.05) is 46.8 Å². The van der Waals surface area contributed by atoms with Crippen LogP contribution in [0.1, 0.15) is 44.6 Å². The predicted molar refractivity (Wildman–Crippen MR) is 136 cm³/mol. The Kier molecular flexibility index (Phi) is 11.7. The van der Waals surface area contributed by atoms with Gasteiger partial charge in [-0.1, -0.05) is 43.2 Å². The number of aliphatic imine (C=N–C) groups is 1. The van der Waals surface area contributed by atoms with E-state index in [1.54, 1.807) is 11.9 Å². The highest BCUT2D eigenvalue weighted by atomic mass is 127. The van der Waals surface area contributed by atoms with Crippen molar-refractivity contribution in [3.63, 3.8) is 0 Å². The van der Waals surface area contributed by atoms with Gasteiger partial charge >= 0.3 is 0 Å². The number of carbonyl (C=O) groups excluding carboxylic acids is 1. The minimum absolute atomic E-state index is 0. The van der Waals surface area contributed by atoms with Crippen molar-refractivity contribution in [3.05, 3.63) is 35.9 Å². The summed E-state index contributed by atoms with van der Waals surface area (Å²) in [6, 6.07) is 11.0. The molecule has 0 bridgehead atoms. The summed E-state index contributed by atoms with van der Waals surface area (Å²) in [7, 11) is 7.66. The highest BCUT2D eigenvalue weighted by Gasteiger charge is 2.42. The van der Waals surface area contributed by atoms with Gasteiger partial charge in [0.1, 0.15) is 0 Å². The van der Waals surface area contributed by atoms with Crippen LogP contribution in [0.3, 0.4) is 0 Å². The van der Waals surface area contributed by atoms with Crippen LogP contribution in [-0.2, 0) is 11.3 Å². The van der Waals surface area contributed by atoms with Crippen LogP contribution in [0.5, 0.6) is 0 Å². The summed E-state index contributed by atoms with van der Waals surface area (Å²) >= 11 is 0. The normalized spacial score (nSPS) is 16.7. The third kappa shape index (κ3) is 7.72. The molecule has 0 heterocycles. The molecule has 1 aromatic rings. The van der Waals surface area contributed by atoms with Gasteiger partial charge in [0.05, 0.1) is 5.41 Å². The molecule has 1 saturated carbocycles. The van der Waals surface area contributed by atoms with Crippen LogP contribution in [0.25, 0.3) is 0 Å². The quantitative estimate of drug-likeness (QED) is 0.293. The van der Waals surface area contributed by atoms with Gasteiger partial charge in [0.25, 0.3) is 0 Å². The summed E-state index contributed by atoms with van der Waals surface area (Å²) < 4.78 is 0. The Hall–Kier alpha value is -1.35. The number of guanidine groups is 1. The van der Waals surface area contributed by atoms with Crippen LogP contribution >= 0.6 is 24.0 Å². The van der Waals surface area contributed by atoms with Crippen molar-refractivity contribution in [1.82, 2.24) is 20.4 Å². The van der Waals surface area contributed by atoms with Gasteiger partial charge in [-0.15, -0.1) is 24.0 Å². The van der Waals surface area contributed by atoms with Crippen molar-refractivity contribution < 1.29 is 4.79 Å². The van der Waals surface area contributed by atoms with E-state index in [1.165, 1.54) is 5.56 Å². The summed E-state index contributed by atoms with van der Waals surface area (Å²) in [6.07, 6.45) is 5.17. The zero-order valence-electron chi connectivity index (χ0n) is 19.3. The number of hydrogen-bond acceptors (Lipinski definition) is 3. The number of carbonyl (C=O) groups is 1. The van der Waals surface area contributed by atoms with E-state index < -0.39 is 0 Å². The lowest BCUT2D eigenvalue weighted by molar-refractivity contribution is -0.138. The standard InChI is InChI=1S/C23H39N5O.HI/c1-19(28(5)17-20-11-7-6-8-12-20)13-16-25-22(24-2)26-18-23(14-9-10-15-23)21(29)27(3)4;/h6-8,11-12,19H,9-10,13-18H2,1-5H3,(H2,24,25,26);1H. The fourth-order valence-corrected chi connectivity index (χ4v) is 4.11. The van der Waals surface area contributed by atoms with Crippen LogP contribution in [0.2, 0.25) is 0 Å². The van der Waals surface area contributed by atoms with Crippen molar-refractivity contribution in [3.8, 4) is 0 Å². The van der Waals surface area contributed by atoms with Gasteiger partial charge in [0.15, 0.2) is 5.96 Å². The zero-order valence-corrected chi connectivity index (χ0v) is 21.6. The summed E-state index contributed by atoms with van der Waals surface area (Å²) in [5, 5.41) is 6.82. The number of rotatable bonds is 9. The van der Waals surface area contributed by atoms with E-state index in [1.807, 2.05) is 14.1 Å². The van der Waals surface area contributed by atoms with E-state index in [-0.39, 0.29) is 35.3 Å². The van der Waals surface area contributed by atoms with Gasteiger partial charge in [-0.3, -0.25) is 14.7 Å². The molecule has 30 heavy (non-hydrogen) atoms. The molecule has 6 nitrogen and oxygen atoms in total. The lowest BCUT2D eigenvalue weighted by Gasteiger charge is -2.31. The van der Waals surface area contributed by atoms with Crippen molar-refractivity contribution in [2.75, 3.05) is 41.3 Å². The molecule has 170 valence electrons. The Labute approximate surface area is 199 Å². The fraction of sp³-hybridized carbons (Fsp3) is 0.652. The minimum atomic E-state index is -0.287. The lowest BCUT2D eigenvalue weighted by atomic mass is 9.84. The molecule has 0 aromatic heterocycles. The largest absolute Gasteiger partial charge is 0.356 e. The molecule has 1 aliphatic carbocycles. The molecule has 0 spiro atoms. The second kappa shape index (κ2) is 13.1. The number of halogens is 1. The van der Waals surface area contributed by atoms with Crippen molar-refractivity contribution in [2.24, 2.45) is 10.4 Å². The average molecular weight is 530 g/mol. The maximum Gasteiger partial charge on any atom is 0.230 e. The zero-order chi connectivity index (χ0) is 21.3. The van der Waals surface area contributed by atoms with Crippen LogP contribution < -0.4 is 10.6 Å². The first kappa shape index (κ1) is 26.7. The molecule has 1 fully saturated rings. The van der Waals surface area contributed by atoms with Gasteiger partial charge in [-0.25, -0.2) is 0 Å². The summed E-state index contributed by atoms with van der Waals surface area (Å²) in [4.78, 5) is 21.2. The van der Waals surface area contributed by atoms with E-state index in [9.17, 15) is 4.79 Å². The molecule has 1 atom stereocenters. The van der Waals surface area contributed by atoms with E-state index in [4.69, 9.17) is 0 Å². The third-order valence-electron chi connectivity index (χ3n) is 6.12. The van der Waals surface area contributed by atoms with Gasteiger partial charge in [-0.2, -0.15) is 0 Å². The lowest BCUT2D eigenvalue weighted by Crippen LogP contribution is -2.49. The molecule has 1 aliphatic rings. The van der Waals surface area contributed by atoms with Crippen molar-refractivity contribution in [1.29, 1.82) is 0 Å². The number of amides is 1. The first-order valence-electron chi connectivity index (χ1n) is 10.8. The number of nitrogens with one attached hydrogen (secondary N) is 2. The SMILES string of the molecule is CN=C(NCCC(C)N(C)Cc1ccccc1)NCC1(C(=O)N(C)C)CCCC1.I. The number of nitrogens with zero attached hydrogens (tertiary/aromatic N) is 3. The molecule has 7 heteroatoms. The second-order valence-electron chi connectivity index (χ2n) is 8.58. The summed E-state index contributed by atoms with van der Waals surface area (Å²) in [6.45, 7) is 4.69. The Morgan fingerprint density at radius 1 is 1.13 bits per heavy atom. The highest BCUT2D eigenvalue weighted by molar-refractivity contribution is 14.0. The number of benzene rings is 1. The molecule has 0 radical (unpaired) electrons. The first-order valence-corrected chi connectivity index (χ1v) is 10.8. The maximum atomic E-state index is 12.7. The van der Waals surface area contributed by atoms with E-state index in [2.05, 4.69) is 64.8 Å².